The Kier molecular flexibility index (Phi) is 3.43. The first-order chi connectivity index (χ1) is 9.75. The highest BCUT2D eigenvalue weighted by molar-refractivity contribution is 5.77. The van der Waals surface area contributed by atoms with Gasteiger partial charge in [-0.2, -0.15) is 0 Å². The third kappa shape index (κ3) is 2.40. The van der Waals surface area contributed by atoms with Gasteiger partial charge in [-0.1, -0.05) is 12.1 Å². The molecule has 1 unspecified atom stereocenters. The highest BCUT2D eigenvalue weighted by Crippen LogP contribution is 2.22. The Balaban J connectivity index is 1.82. The lowest BCUT2D eigenvalue weighted by atomic mass is 10.0. The van der Waals surface area contributed by atoms with Crippen LogP contribution >= 0.6 is 0 Å². The molecule has 3 aromatic rings. The van der Waals surface area contributed by atoms with Gasteiger partial charge in [0, 0.05) is 44.3 Å². The van der Waals surface area contributed by atoms with Crippen LogP contribution in [0.15, 0.2) is 43.0 Å². The lowest BCUT2D eigenvalue weighted by Crippen LogP contribution is -2.13. The number of nitrogens with zero attached hydrogens (tertiary/aromatic N) is 4. The van der Waals surface area contributed by atoms with Crippen molar-refractivity contribution in [1.82, 2.24) is 19.5 Å². The van der Waals surface area contributed by atoms with Crippen molar-refractivity contribution in [2.45, 2.75) is 18.9 Å². The molecule has 5 heteroatoms. The number of benzene rings is 1. The smallest absolute Gasteiger partial charge is 0.108 e. The molecule has 20 heavy (non-hydrogen) atoms. The lowest BCUT2D eigenvalue weighted by Gasteiger charge is -2.13. The fraction of sp³-hybridized carbons (Fsp3) is 0.267. The molecule has 0 saturated carbocycles. The van der Waals surface area contributed by atoms with Crippen LogP contribution in [0.2, 0.25) is 0 Å². The van der Waals surface area contributed by atoms with E-state index in [0.29, 0.717) is 0 Å². The molecule has 0 aliphatic heterocycles. The van der Waals surface area contributed by atoms with Crippen molar-refractivity contribution in [2.75, 3.05) is 0 Å². The molecule has 1 atom stereocenters. The van der Waals surface area contributed by atoms with Gasteiger partial charge >= 0.3 is 0 Å². The number of nitrogens with two attached hydrogens (primary N) is 1. The molecule has 3 rings (SSSR count). The molecule has 2 heterocycles. The van der Waals surface area contributed by atoms with E-state index in [2.05, 4.69) is 15.0 Å². The van der Waals surface area contributed by atoms with Crippen molar-refractivity contribution in [2.24, 2.45) is 12.8 Å². The van der Waals surface area contributed by atoms with Crippen molar-refractivity contribution in [3.05, 3.63) is 54.4 Å². The molecule has 2 aromatic heterocycles. The summed E-state index contributed by atoms with van der Waals surface area (Å²) < 4.78 is 2.02. The number of para-hydroxylation sites is 1. The molecule has 0 spiro atoms. The maximum absolute atomic E-state index is 6.32. The van der Waals surface area contributed by atoms with Gasteiger partial charge in [-0.15, -0.1) is 0 Å². The van der Waals surface area contributed by atoms with E-state index >= 15 is 0 Å². The topological polar surface area (TPSA) is 69.6 Å². The van der Waals surface area contributed by atoms with E-state index in [1.54, 1.807) is 12.4 Å². The average Bonchev–Trinajstić information content (AvgIpc) is 2.89. The third-order valence-corrected chi connectivity index (χ3v) is 3.53. The molecular weight excluding hydrogens is 250 g/mol. The number of aromatic nitrogens is 4. The molecule has 0 saturated heterocycles. The quantitative estimate of drug-likeness (QED) is 0.785. The fourth-order valence-electron chi connectivity index (χ4n) is 2.39. The lowest BCUT2D eigenvalue weighted by molar-refractivity contribution is 0.623. The normalized spacial score (nSPS) is 12.7. The van der Waals surface area contributed by atoms with Gasteiger partial charge in [-0.3, -0.25) is 9.97 Å². The Hall–Kier alpha value is -2.27. The number of fused-ring (bicyclic) bond motifs is 1. The molecular formula is C15H17N5. The second-order valence-corrected chi connectivity index (χ2v) is 4.87. The van der Waals surface area contributed by atoms with Gasteiger partial charge in [0.25, 0.3) is 0 Å². The van der Waals surface area contributed by atoms with Crippen molar-refractivity contribution in [3.63, 3.8) is 0 Å². The van der Waals surface area contributed by atoms with Gasteiger partial charge in [0.2, 0.25) is 0 Å². The fourth-order valence-corrected chi connectivity index (χ4v) is 2.39. The van der Waals surface area contributed by atoms with Crippen LogP contribution in [0.3, 0.4) is 0 Å². The van der Waals surface area contributed by atoms with E-state index in [9.17, 15) is 0 Å². The number of hydrogen-bond donors (Lipinski definition) is 1. The van der Waals surface area contributed by atoms with E-state index in [1.165, 1.54) is 0 Å². The van der Waals surface area contributed by atoms with Crippen LogP contribution in [0.4, 0.5) is 0 Å². The van der Waals surface area contributed by atoms with E-state index in [4.69, 9.17) is 5.73 Å². The molecule has 0 amide bonds. The SMILES string of the molecule is Cn1ccnc1CCC(N)c1cccc2nccnc12. The number of rotatable bonds is 4. The Morgan fingerprint density at radius 2 is 2.00 bits per heavy atom. The Labute approximate surface area is 117 Å². The van der Waals surface area contributed by atoms with Crippen LogP contribution in [0, 0.1) is 0 Å². The van der Waals surface area contributed by atoms with Gasteiger partial charge in [-0.05, 0) is 18.1 Å². The molecule has 0 bridgehead atoms. The first kappa shape index (κ1) is 12.7. The second-order valence-electron chi connectivity index (χ2n) is 4.87. The van der Waals surface area contributed by atoms with Crippen molar-refractivity contribution < 1.29 is 0 Å². The predicted molar refractivity (Wildman–Crippen MR) is 78.0 cm³/mol. The summed E-state index contributed by atoms with van der Waals surface area (Å²) in [6.07, 6.45) is 8.85. The number of aryl methyl sites for hydroxylation is 2. The summed E-state index contributed by atoms with van der Waals surface area (Å²) in [5.74, 6) is 1.05. The standard InChI is InChI=1S/C15H17N5/c1-20-10-9-18-14(20)6-5-12(16)11-3-2-4-13-15(11)19-8-7-17-13/h2-4,7-10,12H,5-6,16H2,1H3. The zero-order chi connectivity index (χ0) is 13.9. The summed E-state index contributed by atoms with van der Waals surface area (Å²) in [4.78, 5) is 13.0. The van der Waals surface area contributed by atoms with Gasteiger partial charge < -0.3 is 10.3 Å². The first-order valence-electron chi connectivity index (χ1n) is 6.67. The summed E-state index contributed by atoms with van der Waals surface area (Å²) in [5, 5.41) is 0. The van der Waals surface area contributed by atoms with Crippen LogP contribution in [-0.2, 0) is 13.5 Å². The van der Waals surface area contributed by atoms with Crippen LogP contribution in [0.1, 0.15) is 23.9 Å². The van der Waals surface area contributed by atoms with Gasteiger partial charge in [0.1, 0.15) is 5.82 Å². The highest BCUT2D eigenvalue weighted by atomic mass is 15.0. The van der Waals surface area contributed by atoms with Crippen LogP contribution in [0.5, 0.6) is 0 Å². The molecule has 0 fully saturated rings. The minimum absolute atomic E-state index is 0.0629. The van der Waals surface area contributed by atoms with Crippen LogP contribution < -0.4 is 5.73 Å². The third-order valence-electron chi connectivity index (χ3n) is 3.53. The molecule has 2 N–H and O–H groups in total. The summed E-state index contributed by atoms with van der Waals surface area (Å²) >= 11 is 0. The van der Waals surface area contributed by atoms with E-state index < -0.39 is 0 Å². The minimum Gasteiger partial charge on any atom is -0.338 e. The number of hydrogen-bond acceptors (Lipinski definition) is 4. The van der Waals surface area contributed by atoms with Gasteiger partial charge in [0.05, 0.1) is 11.0 Å². The second kappa shape index (κ2) is 5.38. The maximum Gasteiger partial charge on any atom is 0.108 e. The van der Waals surface area contributed by atoms with Crippen molar-refractivity contribution in [1.29, 1.82) is 0 Å². The molecule has 1 aromatic carbocycles. The summed E-state index contributed by atoms with van der Waals surface area (Å²) in [6.45, 7) is 0. The maximum atomic E-state index is 6.32. The van der Waals surface area contributed by atoms with E-state index in [-0.39, 0.29) is 6.04 Å². The summed E-state index contributed by atoms with van der Waals surface area (Å²) in [7, 11) is 2.00. The van der Waals surface area contributed by atoms with Gasteiger partial charge in [-0.25, -0.2) is 4.98 Å². The highest BCUT2D eigenvalue weighted by Gasteiger charge is 2.12. The summed E-state index contributed by atoms with van der Waals surface area (Å²) in [6, 6.07) is 5.90. The molecule has 0 aliphatic carbocycles. The van der Waals surface area contributed by atoms with Crippen molar-refractivity contribution >= 4 is 11.0 Å². The van der Waals surface area contributed by atoms with E-state index in [1.807, 2.05) is 42.2 Å². The predicted octanol–water partition coefficient (Wildman–Crippen LogP) is 2.00. The largest absolute Gasteiger partial charge is 0.338 e. The first-order valence-corrected chi connectivity index (χ1v) is 6.67. The average molecular weight is 267 g/mol. The Bertz CT molecular complexity index is 714. The van der Waals surface area contributed by atoms with Crippen LogP contribution in [0.25, 0.3) is 11.0 Å². The molecule has 0 aliphatic rings. The van der Waals surface area contributed by atoms with E-state index in [0.717, 1.165) is 35.3 Å². The van der Waals surface area contributed by atoms with Crippen molar-refractivity contribution in [3.8, 4) is 0 Å². The molecule has 0 radical (unpaired) electrons. The monoisotopic (exact) mass is 267 g/mol. The summed E-state index contributed by atoms with van der Waals surface area (Å²) in [5.41, 5.74) is 9.15. The zero-order valence-electron chi connectivity index (χ0n) is 11.4. The zero-order valence-corrected chi connectivity index (χ0v) is 11.4. The number of imidazole rings is 1. The van der Waals surface area contributed by atoms with Gasteiger partial charge in [0.15, 0.2) is 0 Å². The Morgan fingerprint density at radius 1 is 1.15 bits per heavy atom. The van der Waals surface area contributed by atoms with Crippen LogP contribution in [-0.4, -0.2) is 19.5 Å². The Morgan fingerprint density at radius 3 is 2.80 bits per heavy atom. The minimum atomic E-state index is -0.0629. The molecule has 5 nitrogen and oxygen atoms in total. The molecule has 102 valence electrons.